The van der Waals surface area contributed by atoms with Crippen molar-refractivity contribution in [1.29, 1.82) is 0 Å². The molecule has 1 heterocycles. The molecule has 0 amide bonds. The van der Waals surface area contributed by atoms with E-state index in [2.05, 4.69) is 0 Å². The first-order valence-corrected chi connectivity index (χ1v) is 3.88. The van der Waals surface area contributed by atoms with Gasteiger partial charge in [0, 0.05) is 5.92 Å². The summed E-state index contributed by atoms with van der Waals surface area (Å²) in [5.74, 6) is -0.495. The lowest BCUT2D eigenvalue weighted by atomic mass is 9.91. The zero-order valence-corrected chi connectivity index (χ0v) is 6.79. The van der Waals surface area contributed by atoms with Crippen molar-refractivity contribution in [2.75, 3.05) is 6.61 Å². The molecule has 5 atom stereocenters. The van der Waals surface area contributed by atoms with Gasteiger partial charge in [0.05, 0.1) is 12.7 Å². The van der Waals surface area contributed by atoms with Gasteiger partial charge in [0.1, 0.15) is 12.2 Å². The van der Waals surface area contributed by atoms with E-state index in [1.54, 1.807) is 6.92 Å². The van der Waals surface area contributed by atoms with Crippen molar-refractivity contribution in [3.8, 4) is 0 Å². The first-order chi connectivity index (χ1) is 5.57. The number of aliphatic hydroxyl groups excluding tert-OH is 4. The minimum atomic E-state index is -1.32. The zero-order valence-electron chi connectivity index (χ0n) is 6.79. The lowest BCUT2D eigenvalue weighted by Gasteiger charge is -2.38. The lowest BCUT2D eigenvalue weighted by molar-refractivity contribution is -0.271. The van der Waals surface area contributed by atoms with Crippen LogP contribution in [0, 0.1) is 5.92 Å². The van der Waals surface area contributed by atoms with E-state index < -0.39 is 30.5 Å². The molecule has 0 radical (unpaired) electrons. The molecule has 0 aromatic carbocycles. The van der Waals surface area contributed by atoms with Crippen LogP contribution in [0.25, 0.3) is 0 Å². The van der Waals surface area contributed by atoms with E-state index in [0.29, 0.717) is 0 Å². The number of ether oxygens (including phenoxy) is 1. The highest BCUT2D eigenvalue weighted by molar-refractivity contribution is 4.85. The van der Waals surface area contributed by atoms with Gasteiger partial charge in [-0.3, -0.25) is 0 Å². The lowest BCUT2D eigenvalue weighted by Crippen LogP contribution is -2.54. The molecule has 72 valence electrons. The molecule has 1 saturated heterocycles. The van der Waals surface area contributed by atoms with Crippen LogP contribution in [0.3, 0.4) is 0 Å². The van der Waals surface area contributed by atoms with Gasteiger partial charge in [-0.25, -0.2) is 0 Å². The summed E-state index contributed by atoms with van der Waals surface area (Å²) in [6.45, 7) is 1.22. The predicted molar refractivity (Wildman–Crippen MR) is 39.1 cm³/mol. The maximum absolute atomic E-state index is 9.37. The molecule has 0 aromatic heterocycles. The van der Waals surface area contributed by atoms with Gasteiger partial charge in [0.25, 0.3) is 0 Å². The number of hydrogen-bond acceptors (Lipinski definition) is 5. The summed E-state index contributed by atoms with van der Waals surface area (Å²) in [5, 5.41) is 36.4. The quantitative estimate of drug-likeness (QED) is 0.375. The third-order valence-electron chi connectivity index (χ3n) is 2.24. The zero-order chi connectivity index (χ0) is 9.30. The second-order valence-corrected chi connectivity index (χ2v) is 3.09. The molecule has 12 heavy (non-hydrogen) atoms. The van der Waals surface area contributed by atoms with Crippen LogP contribution >= 0.6 is 0 Å². The van der Waals surface area contributed by atoms with Crippen LogP contribution in [0.5, 0.6) is 0 Å². The summed E-state index contributed by atoms with van der Waals surface area (Å²) in [4.78, 5) is 0. The predicted octanol–water partition coefficient (Wildman–Crippen LogP) is -1.95. The maximum Gasteiger partial charge on any atom is 0.181 e. The summed E-state index contributed by atoms with van der Waals surface area (Å²) < 4.78 is 4.74. The molecular weight excluding hydrogens is 164 g/mol. The van der Waals surface area contributed by atoms with Crippen LogP contribution < -0.4 is 0 Å². The Morgan fingerprint density at radius 1 is 1.17 bits per heavy atom. The molecule has 0 bridgehead atoms. The van der Waals surface area contributed by atoms with E-state index in [1.807, 2.05) is 0 Å². The van der Waals surface area contributed by atoms with E-state index in [-0.39, 0.29) is 6.61 Å². The molecule has 1 fully saturated rings. The Bertz CT molecular complexity index is 146. The van der Waals surface area contributed by atoms with Crippen LogP contribution in [0.15, 0.2) is 0 Å². The van der Waals surface area contributed by atoms with E-state index in [9.17, 15) is 10.2 Å². The normalized spacial score (nSPS) is 49.2. The number of hydrogen-bond donors (Lipinski definition) is 4. The van der Waals surface area contributed by atoms with Crippen LogP contribution in [-0.4, -0.2) is 51.6 Å². The molecular formula is C7H14O5. The third kappa shape index (κ3) is 1.60. The summed E-state index contributed by atoms with van der Waals surface area (Å²) in [7, 11) is 0. The summed E-state index contributed by atoms with van der Waals surface area (Å²) in [6, 6.07) is 0. The molecule has 5 heteroatoms. The molecule has 0 aromatic rings. The Labute approximate surface area is 70.2 Å². The van der Waals surface area contributed by atoms with Crippen LogP contribution in [0.4, 0.5) is 0 Å². The average molecular weight is 178 g/mol. The molecule has 3 unspecified atom stereocenters. The van der Waals surface area contributed by atoms with Gasteiger partial charge in [-0.05, 0) is 0 Å². The second-order valence-electron chi connectivity index (χ2n) is 3.09. The van der Waals surface area contributed by atoms with Crippen molar-refractivity contribution >= 4 is 0 Å². The van der Waals surface area contributed by atoms with Crippen molar-refractivity contribution in [3.05, 3.63) is 0 Å². The Balaban J connectivity index is 2.63. The van der Waals surface area contributed by atoms with E-state index >= 15 is 0 Å². The fourth-order valence-electron chi connectivity index (χ4n) is 1.29. The molecule has 1 aliphatic rings. The minimum absolute atomic E-state index is 0.366. The van der Waals surface area contributed by atoms with Crippen molar-refractivity contribution in [2.45, 2.75) is 31.5 Å². The Hall–Kier alpha value is -0.200. The highest BCUT2D eigenvalue weighted by Gasteiger charge is 2.40. The van der Waals surface area contributed by atoms with Crippen molar-refractivity contribution in [3.63, 3.8) is 0 Å². The summed E-state index contributed by atoms with van der Waals surface area (Å²) in [5.41, 5.74) is 0. The largest absolute Gasteiger partial charge is 0.394 e. The summed E-state index contributed by atoms with van der Waals surface area (Å²) >= 11 is 0. The smallest absolute Gasteiger partial charge is 0.181 e. The Morgan fingerprint density at radius 2 is 1.75 bits per heavy atom. The molecule has 0 saturated carbocycles. The highest BCUT2D eigenvalue weighted by Crippen LogP contribution is 2.24. The van der Waals surface area contributed by atoms with Gasteiger partial charge < -0.3 is 25.2 Å². The van der Waals surface area contributed by atoms with Crippen LogP contribution in [-0.2, 0) is 4.74 Å². The molecule has 0 spiro atoms. The fraction of sp³-hybridized carbons (Fsp3) is 1.00. The standard InChI is InChI=1S/C7H14O5/c1-3-5(9)4(2-8)12-7(11)6(3)10/h3-11H,2H2,1H3/t3?,4-,5?,6+,7?/m0/s1. The Kier molecular flexibility index (Phi) is 3.03. The van der Waals surface area contributed by atoms with Crippen molar-refractivity contribution < 1.29 is 25.2 Å². The van der Waals surface area contributed by atoms with E-state index in [0.717, 1.165) is 0 Å². The third-order valence-corrected chi connectivity index (χ3v) is 2.24. The van der Waals surface area contributed by atoms with Gasteiger partial charge in [-0.1, -0.05) is 6.92 Å². The molecule has 1 rings (SSSR count). The average Bonchev–Trinajstić information content (AvgIpc) is 2.08. The summed E-state index contributed by atoms with van der Waals surface area (Å²) in [6.07, 6.45) is -4.16. The van der Waals surface area contributed by atoms with Gasteiger partial charge in [-0.2, -0.15) is 0 Å². The molecule has 5 nitrogen and oxygen atoms in total. The molecule has 0 aliphatic carbocycles. The van der Waals surface area contributed by atoms with Crippen molar-refractivity contribution in [2.24, 2.45) is 5.92 Å². The van der Waals surface area contributed by atoms with Gasteiger partial charge in [0.15, 0.2) is 6.29 Å². The van der Waals surface area contributed by atoms with Crippen LogP contribution in [0.1, 0.15) is 6.92 Å². The highest BCUT2D eigenvalue weighted by atomic mass is 16.6. The molecule has 4 N–H and O–H groups in total. The van der Waals surface area contributed by atoms with E-state index in [1.165, 1.54) is 0 Å². The number of aliphatic hydroxyl groups is 4. The van der Waals surface area contributed by atoms with Gasteiger partial charge >= 0.3 is 0 Å². The topological polar surface area (TPSA) is 90.2 Å². The molecule has 1 aliphatic heterocycles. The fourth-order valence-corrected chi connectivity index (χ4v) is 1.29. The first kappa shape index (κ1) is 9.88. The van der Waals surface area contributed by atoms with Crippen molar-refractivity contribution in [1.82, 2.24) is 0 Å². The number of rotatable bonds is 1. The second kappa shape index (κ2) is 3.68. The van der Waals surface area contributed by atoms with E-state index in [4.69, 9.17) is 14.9 Å². The minimum Gasteiger partial charge on any atom is -0.394 e. The monoisotopic (exact) mass is 178 g/mol. The van der Waals surface area contributed by atoms with Gasteiger partial charge in [0.2, 0.25) is 0 Å². The SMILES string of the molecule is CC1C(O)[C@H](CO)OC(O)[C@@H]1O. The Morgan fingerprint density at radius 3 is 2.25 bits per heavy atom. The maximum atomic E-state index is 9.37. The van der Waals surface area contributed by atoms with Crippen LogP contribution in [0.2, 0.25) is 0 Å². The van der Waals surface area contributed by atoms with Gasteiger partial charge in [-0.15, -0.1) is 0 Å². The first-order valence-electron chi connectivity index (χ1n) is 3.88.